The maximum Gasteiger partial charge on any atom is 0.224 e. The highest BCUT2D eigenvalue weighted by atomic mass is 35.5. The molecule has 0 fully saturated rings. The maximum atomic E-state index is 11.9. The average Bonchev–Trinajstić information content (AvgIpc) is 2.46. The lowest BCUT2D eigenvalue weighted by atomic mass is 10.1. The lowest BCUT2D eigenvalue weighted by molar-refractivity contribution is -0.116. The van der Waals surface area contributed by atoms with Crippen molar-refractivity contribution in [3.63, 3.8) is 0 Å². The Balaban J connectivity index is 0.00000400. The van der Waals surface area contributed by atoms with Crippen LogP contribution in [-0.2, 0) is 4.79 Å². The van der Waals surface area contributed by atoms with Gasteiger partial charge in [-0.3, -0.25) is 4.79 Å². The highest BCUT2D eigenvalue weighted by Gasteiger charge is 2.07. The summed E-state index contributed by atoms with van der Waals surface area (Å²) in [6.07, 6.45) is 5.59. The molecule has 0 unspecified atom stereocenters. The summed E-state index contributed by atoms with van der Waals surface area (Å²) >= 11 is 0. The SMILES string of the molecule is CCCOc1ccccc1NC(=O)CCCCCCN.Cl. The molecule has 0 bridgehead atoms. The van der Waals surface area contributed by atoms with Crippen molar-refractivity contribution in [3.05, 3.63) is 24.3 Å². The van der Waals surface area contributed by atoms with E-state index < -0.39 is 0 Å². The largest absolute Gasteiger partial charge is 0.491 e. The Morgan fingerprint density at radius 2 is 1.90 bits per heavy atom. The van der Waals surface area contributed by atoms with E-state index in [9.17, 15) is 4.79 Å². The van der Waals surface area contributed by atoms with E-state index in [-0.39, 0.29) is 18.3 Å². The van der Waals surface area contributed by atoms with Crippen LogP contribution in [0.15, 0.2) is 24.3 Å². The Bertz CT molecular complexity index is 400. The fourth-order valence-electron chi connectivity index (χ4n) is 1.90. The van der Waals surface area contributed by atoms with Gasteiger partial charge in [0.25, 0.3) is 0 Å². The lowest BCUT2D eigenvalue weighted by Crippen LogP contribution is -2.12. The van der Waals surface area contributed by atoms with Crippen molar-refractivity contribution in [3.8, 4) is 5.75 Å². The van der Waals surface area contributed by atoms with E-state index in [1.54, 1.807) is 0 Å². The van der Waals surface area contributed by atoms with Gasteiger partial charge in [-0.2, -0.15) is 0 Å². The molecule has 0 atom stereocenters. The summed E-state index contributed by atoms with van der Waals surface area (Å²) in [5.74, 6) is 0.788. The number of rotatable bonds is 10. The van der Waals surface area contributed by atoms with Gasteiger partial charge in [-0.05, 0) is 37.9 Å². The van der Waals surface area contributed by atoms with Gasteiger partial charge in [0.15, 0.2) is 0 Å². The van der Waals surface area contributed by atoms with Crippen LogP contribution in [0, 0.1) is 0 Å². The van der Waals surface area contributed by atoms with Gasteiger partial charge in [0.1, 0.15) is 5.75 Å². The number of unbranched alkanes of at least 4 members (excludes halogenated alkanes) is 3. The Kier molecular flexibility index (Phi) is 11.7. The maximum absolute atomic E-state index is 11.9. The number of nitrogens with one attached hydrogen (secondary N) is 1. The smallest absolute Gasteiger partial charge is 0.224 e. The quantitative estimate of drug-likeness (QED) is 0.646. The Labute approximate surface area is 133 Å². The highest BCUT2D eigenvalue weighted by molar-refractivity contribution is 5.92. The van der Waals surface area contributed by atoms with E-state index in [2.05, 4.69) is 12.2 Å². The molecule has 0 saturated heterocycles. The summed E-state index contributed by atoms with van der Waals surface area (Å²) < 4.78 is 5.62. The Morgan fingerprint density at radius 1 is 1.19 bits per heavy atom. The third-order valence-corrected chi connectivity index (χ3v) is 2.98. The number of ether oxygens (including phenoxy) is 1. The minimum absolute atomic E-state index is 0. The normalized spacial score (nSPS) is 9.81. The highest BCUT2D eigenvalue weighted by Crippen LogP contribution is 2.24. The van der Waals surface area contributed by atoms with Crippen LogP contribution >= 0.6 is 12.4 Å². The standard InChI is InChI=1S/C16H26N2O2.ClH/c1-2-13-20-15-10-7-6-9-14(15)18-16(19)11-5-3-4-8-12-17;/h6-7,9-10H,2-5,8,11-13,17H2,1H3,(H,18,19);1H. The number of benzene rings is 1. The molecule has 1 rings (SSSR count). The molecule has 0 aliphatic heterocycles. The number of halogens is 1. The number of nitrogens with two attached hydrogens (primary N) is 1. The number of amides is 1. The van der Waals surface area contributed by atoms with Crippen molar-refractivity contribution in [1.29, 1.82) is 0 Å². The summed E-state index contributed by atoms with van der Waals surface area (Å²) in [6, 6.07) is 7.56. The number of carbonyl (C=O) groups is 1. The molecule has 0 aliphatic carbocycles. The van der Waals surface area contributed by atoms with Gasteiger partial charge in [-0.25, -0.2) is 0 Å². The molecular weight excluding hydrogens is 288 g/mol. The number of hydrogen-bond acceptors (Lipinski definition) is 3. The molecule has 21 heavy (non-hydrogen) atoms. The molecule has 0 radical (unpaired) electrons. The first-order valence-electron chi connectivity index (χ1n) is 7.49. The van der Waals surface area contributed by atoms with Gasteiger partial charge in [-0.1, -0.05) is 31.9 Å². The molecule has 5 heteroatoms. The van der Waals surface area contributed by atoms with E-state index in [1.165, 1.54) is 0 Å². The molecule has 1 amide bonds. The molecule has 120 valence electrons. The van der Waals surface area contributed by atoms with E-state index in [4.69, 9.17) is 10.5 Å². The van der Waals surface area contributed by atoms with E-state index in [1.807, 2.05) is 24.3 Å². The number of anilines is 1. The van der Waals surface area contributed by atoms with Crippen LogP contribution in [-0.4, -0.2) is 19.1 Å². The van der Waals surface area contributed by atoms with Gasteiger partial charge in [-0.15, -0.1) is 12.4 Å². The van der Waals surface area contributed by atoms with Crippen molar-refractivity contribution in [2.24, 2.45) is 5.73 Å². The summed E-state index contributed by atoms with van der Waals surface area (Å²) in [7, 11) is 0. The molecule has 0 aliphatic rings. The minimum Gasteiger partial charge on any atom is -0.491 e. The summed E-state index contributed by atoms with van der Waals surface area (Å²) in [4.78, 5) is 11.9. The van der Waals surface area contributed by atoms with Crippen LogP contribution in [0.2, 0.25) is 0 Å². The molecule has 1 aromatic carbocycles. The zero-order valence-corrected chi connectivity index (χ0v) is 13.6. The molecule has 1 aromatic rings. The Hall–Kier alpha value is -1.26. The zero-order valence-electron chi connectivity index (χ0n) is 12.8. The van der Waals surface area contributed by atoms with Crippen LogP contribution in [0.5, 0.6) is 5.75 Å². The second-order valence-corrected chi connectivity index (χ2v) is 4.85. The fraction of sp³-hybridized carbons (Fsp3) is 0.562. The first kappa shape index (κ1) is 19.7. The summed E-state index contributed by atoms with van der Waals surface area (Å²) in [5.41, 5.74) is 6.19. The molecule has 0 spiro atoms. The second-order valence-electron chi connectivity index (χ2n) is 4.85. The molecule has 3 N–H and O–H groups in total. The topological polar surface area (TPSA) is 64.3 Å². The predicted molar refractivity (Wildman–Crippen MR) is 90.2 cm³/mol. The molecule has 4 nitrogen and oxygen atoms in total. The Morgan fingerprint density at radius 3 is 2.62 bits per heavy atom. The summed E-state index contributed by atoms with van der Waals surface area (Å²) in [5, 5.41) is 2.92. The minimum atomic E-state index is 0. The van der Waals surface area contributed by atoms with Gasteiger partial charge in [0.2, 0.25) is 5.91 Å². The van der Waals surface area contributed by atoms with Gasteiger partial charge < -0.3 is 15.8 Å². The van der Waals surface area contributed by atoms with Crippen molar-refractivity contribution < 1.29 is 9.53 Å². The van der Waals surface area contributed by atoms with Gasteiger partial charge >= 0.3 is 0 Å². The fourth-order valence-corrected chi connectivity index (χ4v) is 1.90. The average molecular weight is 315 g/mol. The number of carbonyl (C=O) groups excluding carboxylic acids is 1. The summed E-state index contributed by atoms with van der Waals surface area (Å²) in [6.45, 7) is 3.45. The molecular formula is C16H27ClN2O2. The van der Waals surface area contributed by atoms with Crippen molar-refractivity contribution in [1.82, 2.24) is 0 Å². The lowest BCUT2D eigenvalue weighted by Gasteiger charge is -2.11. The molecule has 0 heterocycles. The zero-order chi connectivity index (χ0) is 14.6. The van der Waals surface area contributed by atoms with Crippen molar-refractivity contribution >= 4 is 24.0 Å². The first-order chi connectivity index (χ1) is 9.77. The van der Waals surface area contributed by atoms with Gasteiger partial charge in [0.05, 0.1) is 12.3 Å². The first-order valence-corrected chi connectivity index (χ1v) is 7.49. The van der Waals surface area contributed by atoms with E-state index in [0.717, 1.165) is 50.1 Å². The van der Waals surface area contributed by atoms with Gasteiger partial charge in [0, 0.05) is 6.42 Å². The molecule has 0 saturated carbocycles. The predicted octanol–water partition coefficient (Wildman–Crippen LogP) is 3.74. The monoisotopic (exact) mass is 314 g/mol. The third-order valence-electron chi connectivity index (χ3n) is 2.98. The van der Waals surface area contributed by atoms with E-state index in [0.29, 0.717) is 13.0 Å². The second kappa shape index (κ2) is 12.5. The van der Waals surface area contributed by atoms with Crippen LogP contribution in [0.3, 0.4) is 0 Å². The van der Waals surface area contributed by atoms with Crippen LogP contribution in [0.1, 0.15) is 45.4 Å². The van der Waals surface area contributed by atoms with Crippen LogP contribution in [0.25, 0.3) is 0 Å². The number of para-hydroxylation sites is 2. The van der Waals surface area contributed by atoms with Crippen molar-refractivity contribution in [2.45, 2.75) is 45.4 Å². The van der Waals surface area contributed by atoms with Crippen LogP contribution in [0.4, 0.5) is 5.69 Å². The van der Waals surface area contributed by atoms with Crippen LogP contribution < -0.4 is 15.8 Å². The molecule has 0 aromatic heterocycles. The number of hydrogen-bond donors (Lipinski definition) is 2. The van der Waals surface area contributed by atoms with E-state index >= 15 is 0 Å². The third kappa shape index (κ3) is 8.58. The van der Waals surface area contributed by atoms with Crippen molar-refractivity contribution in [2.75, 3.05) is 18.5 Å².